The molecule has 1 aliphatic rings. The van der Waals surface area contributed by atoms with E-state index >= 15 is 0 Å². The van der Waals surface area contributed by atoms with Gasteiger partial charge in [-0.3, -0.25) is 4.79 Å². The molecule has 2 aromatic carbocycles. The topological polar surface area (TPSA) is 88.9 Å². The fourth-order valence-electron chi connectivity index (χ4n) is 4.05. The number of hydrogen-bond acceptors (Lipinski definition) is 5. The highest BCUT2D eigenvalue weighted by atomic mass is 32.2. The van der Waals surface area contributed by atoms with Gasteiger partial charge >= 0.3 is 0 Å². The predicted molar refractivity (Wildman–Crippen MR) is 124 cm³/mol. The lowest BCUT2D eigenvalue weighted by atomic mass is 10.1. The summed E-state index contributed by atoms with van der Waals surface area (Å²) in [4.78, 5) is 13.0. The van der Waals surface area contributed by atoms with Crippen LogP contribution in [0.1, 0.15) is 37.3 Å². The number of nitrogens with one attached hydrogen (secondary N) is 1. The average molecular weight is 457 g/mol. The van der Waals surface area contributed by atoms with Gasteiger partial charge in [-0.2, -0.15) is 4.31 Å². The highest BCUT2D eigenvalue weighted by molar-refractivity contribution is 7.89. The Hall–Kier alpha value is -2.84. The van der Waals surface area contributed by atoms with Crippen LogP contribution >= 0.6 is 0 Å². The molecule has 1 N–H and O–H groups in total. The van der Waals surface area contributed by atoms with Crippen molar-refractivity contribution in [3.8, 4) is 5.75 Å². The molecule has 1 amide bonds. The first-order valence-electron chi connectivity index (χ1n) is 10.9. The largest absolute Gasteiger partial charge is 0.495 e. The van der Waals surface area contributed by atoms with Gasteiger partial charge in [-0.15, -0.1) is 0 Å². The Bertz CT molecular complexity index is 1230. The van der Waals surface area contributed by atoms with Crippen molar-refractivity contribution in [2.45, 2.75) is 43.9 Å². The van der Waals surface area contributed by atoms with Crippen molar-refractivity contribution >= 4 is 32.6 Å². The summed E-state index contributed by atoms with van der Waals surface area (Å²) in [6.07, 6.45) is 5.36. The third-order valence-electron chi connectivity index (χ3n) is 5.88. The minimum absolute atomic E-state index is 0.102. The van der Waals surface area contributed by atoms with E-state index in [2.05, 4.69) is 12.2 Å². The number of methoxy groups -OCH3 is 1. The number of piperidine rings is 1. The summed E-state index contributed by atoms with van der Waals surface area (Å²) in [5.41, 5.74) is 3.02. The van der Waals surface area contributed by atoms with Gasteiger partial charge in [0.1, 0.15) is 11.3 Å². The molecule has 170 valence electrons. The van der Waals surface area contributed by atoms with Crippen molar-refractivity contribution in [1.82, 2.24) is 4.31 Å². The first kappa shape index (κ1) is 22.4. The lowest BCUT2D eigenvalue weighted by molar-refractivity contribution is -0.115. The number of carbonyl (C=O) groups is 1. The van der Waals surface area contributed by atoms with E-state index in [1.54, 1.807) is 12.3 Å². The molecule has 1 aliphatic heterocycles. The number of amides is 1. The second-order valence-corrected chi connectivity index (χ2v) is 9.93. The van der Waals surface area contributed by atoms with Gasteiger partial charge in [0.25, 0.3) is 0 Å². The normalized spacial score (nSPS) is 15.1. The molecule has 8 heteroatoms. The summed E-state index contributed by atoms with van der Waals surface area (Å²) < 4.78 is 38.6. The molecule has 1 saturated heterocycles. The van der Waals surface area contributed by atoms with Gasteiger partial charge < -0.3 is 14.5 Å². The number of furan rings is 1. The van der Waals surface area contributed by atoms with E-state index < -0.39 is 10.0 Å². The van der Waals surface area contributed by atoms with E-state index in [9.17, 15) is 13.2 Å². The van der Waals surface area contributed by atoms with Crippen molar-refractivity contribution in [3.05, 3.63) is 53.8 Å². The maximum atomic E-state index is 13.0. The van der Waals surface area contributed by atoms with Gasteiger partial charge in [-0.05, 0) is 49.1 Å². The molecule has 32 heavy (non-hydrogen) atoms. The van der Waals surface area contributed by atoms with Crippen LogP contribution in [0, 0.1) is 0 Å². The fraction of sp³-hybridized carbons (Fsp3) is 0.375. The number of fused-ring (bicyclic) bond motifs is 1. The van der Waals surface area contributed by atoms with Gasteiger partial charge in [0.2, 0.25) is 15.9 Å². The van der Waals surface area contributed by atoms with Gasteiger partial charge in [0.15, 0.2) is 0 Å². The van der Waals surface area contributed by atoms with Crippen LogP contribution in [0.15, 0.2) is 52.0 Å². The third kappa shape index (κ3) is 4.52. The van der Waals surface area contributed by atoms with E-state index in [1.807, 2.05) is 18.2 Å². The van der Waals surface area contributed by atoms with Crippen molar-refractivity contribution in [1.29, 1.82) is 0 Å². The Labute approximate surface area is 188 Å². The second-order valence-electron chi connectivity index (χ2n) is 8.00. The Kier molecular flexibility index (Phi) is 6.53. The van der Waals surface area contributed by atoms with Crippen LogP contribution in [0.5, 0.6) is 5.75 Å². The van der Waals surface area contributed by atoms with Crippen LogP contribution in [-0.4, -0.2) is 38.8 Å². The van der Waals surface area contributed by atoms with Crippen molar-refractivity contribution < 1.29 is 22.4 Å². The average Bonchev–Trinajstić information content (AvgIpc) is 3.21. The molecular formula is C24H28N2O5S. The molecule has 4 rings (SSSR count). The minimum Gasteiger partial charge on any atom is -0.495 e. The molecule has 0 spiro atoms. The molecule has 3 aromatic rings. The van der Waals surface area contributed by atoms with Crippen LogP contribution < -0.4 is 10.1 Å². The van der Waals surface area contributed by atoms with Gasteiger partial charge in [0.05, 0.1) is 30.4 Å². The van der Waals surface area contributed by atoms with Crippen molar-refractivity contribution in [3.63, 3.8) is 0 Å². The third-order valence-corrected chi connectivity index (χ3v) is 7.77. The molecule has 0 radical (unpaired) electrons. The van der Waals surface area contributed by atoms with Crippen LogP contribution in [0.25, 0.3) is 11.0 Å². The van der Waals surface area contributed by atoms with Crippen LogP contribution in [0.4, 0.5) is 5.69 Å². The number of sulfonamides is 1. The molecule has 1 fully saturated rings. The zero-order valence-corrected chi connectivity index (χ0v) is 19.2. The number of hydrogen-bond donors (Lipinski definition) is 1. The molecule has 2 heterocycles. The van der Waals surface area contributed by atoms with Gasteiger partial charge in [-0.25, -0.2) is 8.42 Å². The fourth-order valence-corrected chi connectivity index (χ4v) is 5.60. The Balaban J connectivity index is 1.55. The molecule has 0 unspecified atom stereocenters. The van der Waals surface area contributed by atoms with Crippen LogP contribution in [0.2, 0.25) is 0 Å². The summed E-state index contributed by atoms with van der Waals surface area (Å²) >= 11 is 0. The molecule has 0 aliphatic carbocycles. The Morgan fingerprint density at radius 2 is 1.91 bits per heavy atom. The smallest absolute Gasteiger partial charge is 0.243 e. The molecule has 0 saturated carbocycles. The lowest BCUT2D eigenvalue weighted by Gasteiger charge is -2.26. The number of ether oxygens (including phenoxy) is 1. The summed E-state index contributed by atoms with van der Waals surface area (Å²) in [6.45, 7) is 3.11. The standard InChI is InChI=1S/C24H28N2O5S/c1-3-17-7-9-20-18(16-31-23(20)13-17)14-24(27)25-21-15-19(8-10-22(21)30-2)32(28,29)26-11-5-4-6-12-26/h7-10,13,15-16H,3-6,11-12,14H2,1-2H3,(H,25,27). The van der Waals surface area contributed by atoms with E-state index in [0.29, 0.717) is 24.5 Å². The monoisotopic (exact) mass is 456 g/mol. The maximum Gasteiger partial charge on any atom is 0.243 e. The second kappa shape index (κ2) is 9.34. The lowest BCUT2D eigenvalue weighted by Crippen LogP contribution is -2.35. The zero-order valence-electron chi connectivity index (χ0n) is 18.4. The summed E-state index contributed by atoms with van der Waals surface area (Å²) in [7, 11) is -2.13. The molecular weight excluding hydrogens is 428 g/mol. The molecule has 0 bridgehead atoms. The highest BCUT2D eigenvalue weighted by Gasteiger charge is 2.27. The van der Waals surface area contributed by atoms with Crippen molar-refractivity contribution in [2.24, 2.45) is 0 Å². The zero-order chi connectivity index (χ0) is 22.7. The predicted octanol–water partition coefficient (Wildman–Crippen LogP) is 4.36. The van der Waals surface area contributed by atoms with E-state index in [-0.39, 0.29) is 17.2 Å². The number of anilines is 1. The maximum absolute atomic E-state index is 13.0. The summed E-state index contributed by atoms with van der Waals surface area (Å²) in [5, 5.41) is 3.71. The number of benzene rings is 2. The summed E-state index contributed by atoms with van der Waals surface area (Å²) in [5.74, 6) is 0.124. The van der Waals surface area contributed by atoms with Gasteiger partial charge in [0, 0.05) is 24.0 Å². The van der Waals surface area contributed by atoms with E-state index in [1.165, 1.54) is 29.1 Å². The van der Waals surface area contributed by atoms with Crippen LogP contribution in [-0.2, 0) is 27.7 Å². The summed E-state index contributed by atoms with van der Waals surface area (Å²) in [6, 6.07) is 10.5. The molecule has 7 nitrogen and oxygen atoms in total. The number of rotatable bonds is 7. The first-order chi connectivity index (χ1) is 15.4. The Morgan fingerprint density at radius 3 is 2.62 bits per heavy atom. The molecule has 0 atom stereocenters. The van der Waals surface area contributed by atoms with Crippen molar-refractivity contribution in [2.75, 3.05) is 25.5 Å². The Morgan fingerprint density at radius 1 is 1.12 bits per heavy atom. The SMILES string of the molecule is CCc1ccc2c(CC(=O)Nc3cc(S(=O)(=O)N4CCCCC4)ccc3OC)coc2c1. The van der Waals surface area contributed by atoms with E-state index in [4.69, 9.17) is 9.15 Å². The first-order valence-corrected chi connectivity index (χ1v) is 12.3. The number of carbonyl (C=O) groups excluding carboxylic acids is 1. The minimum atomic E-state index is -3.62. The highest BCUT2D eigenvalue weighted by Crippen LogP contribution is 2.30. The number of aryl methyl sites for hydroxylation is 1. The van der Waals surface area contributed by atoms with Gasteiger partial charge in [-0.1, -0.05) is 25.5 Å². The quantitative estimate of drug-likeness (QED) is 0.571. The van der Waals surface area contributed by atoms with E-state index in [0.717, 1.165) is 42.2 Å². The number of nitrogens with zero attached hydrogens (tertiary/aromatic N) is 1. The van der Waals surface area contributed by atoms with Crippen LogP contribution in [0.3, 0.4) is 0 Å². The molecule has 1 aromatic heterocycles.